The molecule has 1 aliphatic carbocycles. The molecule has 1 unspecified atom stereocenters. The number of hydrogen-bond acceptors (Lipinski definition) is 3. The third-order valence-electron chi connectivity index (χ3n) is 4.41. The van der Waals surface area contributed by atoms with Crippen molar-refractivity contribution in [1.82, 2.24) is 15.5 Å². The van der Waals surface area contributed by atoms with Crippen molar-refractivity contribution < 1.29 is 4.79 Å². The van der Waals surface area contributed by atoms with Gasteiger partial charge in [0.25, 0.3) is 0 Å². The molecule has 1 aliphatic heterocycles. The fourth-order valence-electron chi connectivity index (χ4n) is 2.92. The largest absolute Gasteiger partial charge is 0.352 e. The Morgan fingerprint density at radius 2 is 1.95 bits per heavy atom. The third-order valence-corrected chi connectivity index (χ3v) is 4.41. The van der Waals surface area contributed by atoms with E-state index in [2.05, 4.69) is 29.4 Å². The summed E-state index contributed by atoms with van der Waals surface area (Å²) in [4.78, 5) is 14.2. The molecule has 0 bridgehead atoms. The highest BCUT2D eigenvalue weighted by atomic mass is 16.2. The fraction of sp³-hybridized carbons (Fsp3) is 0.933. The van der Waals surface area contributed by atoms with Gasteiger partial charge in [-0.25, -0.2) is 0 Å². The number of nitrogens with one attached hydrogen (secondary N) is 2. The summed E-state index contributed by atoms with van der Waals surface area (Å²) in [6.45, 7) is 8.63. The van der Waals surface area contributed by atoms with Gasteiger partial charge in [0.15, 0.2) is 0 Å². The van der Waals surface area contributed by atoms with Crippen molar-refractivity contribution in [3.05, 3.63) is 0 Å². The van der Waals surface area contributed by atoms with Crippen LogP contribution < -0.4 is 10.6 Å². The van der Waals surface area contributed by atoms with E-state index in [1.807, 2.05) is 0 Å². The Labute approximate surface area is 117 Å². The molecular formula is C15H29N3O. The van der Waals surface area contributed by atoms with Crippen molar-refractivity contribution in [2.24, 2.45) is 5.92 Å². The maximum atomic E-state index is 11.6. The van der Waals surface area contributed by atoms with Crippen molar-refractivity contribution >= 4 is 5.91 Å². The Kier molecular flexibility index (Phi) is 5.64. The number of amides is 1. The van der Waals surface area contributed by atoms with E-state index >= 15 is 0 Å². The molecule has 0 aromatic rings. The van der Waals surface area contributed by atoms with E-state index in [0.29, 0.717) is 18.6 Å². The zero-order valence-corrected chi connectivity index (χ0v) is 12.5. The fourth-order valence-corrected chi connectivity index (χ4v) is 2.92. The van der Waals surface area contributed by atoms with Gasteiger partial charge in [-0.1, -0.05) is 6.92 Å². The van der Waals surface area contributed by atoms with E-state index in [0.717, 1.165) is 18.8 Å². The first-order valence-corrected chi connectivity index (χ1v) is 7.94. The maximum Gasteiger partial charge on any atom is 0.234 e. The van der Waals surface area contributed by atoms with Crippen LogP contribution in [0.4, 0.5) is 0 Å². The van der Waals surface area contributed by atoms with Gasteiger partial charge >= 0.3 is 0 Å². The number of carbonyl (C=O) groups excluding carboxylic acids is 1. The molecule has 1 atom stereocenters. The van der Waals surface area contributed by atoms with E-state index < -0.39 is 0 Å². The summed E-state index contributed by atoms with van der Waals surface area (Å²) in [5.41, 5.74) is 0. The second-order valence-electron chi connectivity index (χ2n) is 6.19. The van der Waals surface area contributed by atoms with Crippen LogP contribution in [0, 0.1) is 5.92 Å². The molecular weight excluding hydrogens is 238 g/mol. The number of carbonyl (C=O) groups is 1. The molecule has 0 aromatic carbocycles. The number of hydrogen-bond donors (Lipinski definition) is 2. The molecule has 2 N–H and O–H groups in total. The Morgan fingerprint density at radius 1 is 1.26 bits per heavy atom. The smallest absolute Gasteiger partial charge is 0.234 e. The minimum Gasteiger partial charge on any atom is -0.352 e. The molecule has 2 aliphatic rings. The molecule has 2 fully saturated rings. The van der Waals surface area contributed by atoms with Gasteiger partial charge < -0.3 is 15.5 Å². The molecule has 19 heavy (non-hydrogen) atoms. The standard InChI is InChI=1S/C15H29N3O/c1-3-8-18-9-6-13(7-10-18)12(2)16-11-15(19)17-14-4-5-14/h12-14,16H,3-11H2,1-2H3,(H,17,19). The van der Waals surface area contributed by atoms with Gasteiger partial charge in [-0.3, -0.25) is 4.79 Å². The van der Waals surface area contributed by atoms with Crippen molar-refractivity contribution in [2.75, 3.05) is 26.2 Å². The molecule has 110 valence electrons. The second-order valence-corrected chi connectivity index (χ2v) is 6.19. The first-order chi connectivity index (χ1) is 9.19. The van der Waals surface area contributed by atoms with Gasteiger partial charge in [-0.05, 0) is 64.6 Å². The average Bonchev–Trinajstić information content (AvgIpc) is 3.21. The quantitative estimate of drug-likeness (QED) is 0.732. The predicted molar refractivity (Wildman–Crippen MR) is 78.1 cm³/mol. The van der Waals surface area contributed by atoms with E-state index in [1.54, 1.807) is 0 Å². The molecule has 0 radical (unpaired) electrons. The molecule has 2 rings (SSSR count). The summed E-state index contributed by atoms with van der Waals surface area (Å²) in [5, 5.41) is 6.43. The molecule has 1 amide bonds. The maximum absolute atomic E-state index is 11.6. The SMILES string of the molecule is CCCN1CCC(C(C)NCC(=O)NC2CC2)CC1. The van der Waals surface area contributed by atoms with Gasteiger partial charge in [0, 0.05) is 12.1 Å². The summed E-state index contributed by atoms with van der Waals surface area (Å²) in [6.07, 6.45) is 6.10. The van der Waals surface area contributed by atoms with Crippen molar-refractivity contribution in [3.8, 4) is 0 Å². The summed E-state index contributed by atoms with van der Waals surface area (Å²) >= 11 is 0. The number of nitrogens with zero attached hydrogens (tertiary/aromatic N) is 1. The van der Waals surface area contributed by atoms with Gasteiger partial charge in [0.05, 0.1) is 6.54 Å². The zero-order valence-electron chi connectivity index (χ0n) is 12.5. The lowest BCUT2D eigenvalue weighted by Crippen LogP contribution is -2.45. The van der Waals surface area contributed by atoms with E-state index in [1.165, 1.54) is 38.9 Å². The number of piperidine rings is 1. The molecule has 0 aromatic heterocycles. The highest BCUT2D eigenvalue weighted by molar-refractivity contribution is 5.78. The van der Waals surface area contributed by atoms with E-state index in [-0.39, 0.29) is 5.91 Å². The van der Waals surface area contributed by atoms with Crippen LogP contribution in [-0.2, 0) is 4.79 Å². The van der Waals surface area contributed by atoms with Crippen molar-refractivity contribution in [2.45, 2.75) is 58.0 Å². The first-order valence-electron chi connectivity index (χ1n) is 7.94. The normalized spacial score (nSPS) is 23.3. The van der Waals surface area contributed by atoms with E-state index in [4.69, 9.17) is 0 Å². The van der Waals surface area contributed by atoms with Crippen LogP contribution in [0.2, 0.25) is 0 Å². The van der Waals surface area contributed by atoms with Gasteiger partial charge in [0.2, 0.25) is 5.91 Å². The highest BCUT2D eigenvalue weighted by Crippen LogP contribution is 2.21. The average molecular weight is 267 g/mol. The minimum atomic E-state index is 0.165. The monoisotopic (exact) mass is 267 g/mol. The van der Waals surface area contributed by atoms with Crippen LogP contribution in [0.1, 0.15) is 46.0 Å². The molecule has 1 saturated carbocycles. The first kappa shape index (κ1) is 14.8. The Hall–Kier alpha value is -0.610. The molecule has 4 nitrogen and oxygen atoms in total. The lowest BCUT2D eigenvalue weighted by Gasteiger charge is -2.35. The van der Waals surface area contributed by atoms with Gasteiger partial charge in [-0.2, -0.15) is 0 Å². The summed E-state index contributed by atoms with van der Waals surface area (Å²) in [5.74, 6) is 0.889. The minimum absolute atomic E-state index is 0.165. The van der Waals surface area contributed by atoms with Crippen LogP contribution in [0.5, 0.6) is 0 Å². The van der Waals surface area contributed by atoms with Gasteiger partial charge in [0.1, 0.15) is 0 Å². The Morgan fingerprint density at radius 3 is 2.53 bits per heavy atom. The van der Waals surface area contributed by atoms with Gasteiger partial charge in [-0.15, -0.1) is 0 Å². The van der Waals surface area contributed by atoms with Crippen LogP contribution in [0.15, 0.2) is 0 Å². The summed E-state index contributed by atoms with van der Waals surface area (Å²) in [6, 6.07) is 0.926. The van der Waals surface area contributed by atoms with Crippen molar-refractivity contribution in [1.29, 1.82) is 0 Å². The summed E-state index contributed by atoms with van der Waals surface area (Å²) in [7, 11) is 0. The lowest BCUT2D eigenvalue weighted by molar-refractivity contribution is -0.120. The third kappa shape index (κ3) is 5.11. The Bertz CT molecular complexity index is 283. The molecule has 1 saturated heterocycles. The Balaban J connectivity index is 1.60. The highest BCUT2D eigenvalue weighted by Gasteiger charge is 2.25. The number of likely N-dealkylation sites (tertiary alicyclic amines) is 1. The predicted octanol–water partition coefficient (Wildman–Crippen LogP) is 1.37. The second kappa shape index (κ2) is 7.25. The molecule has 4 heteroatoms. The topological polar surface area (TPSA) is 44.4 Å². The van der Waals surface area contributed by atoms with Crippen LogP contribution in [-0.4, -0.2) is 49.1 Å². The molecule has 0 spiro atoms. The van der Waals surface area contributed by atoms with Crippen LogP contribution in [0.25, 0.3) is 0 Å². The van der Waals surface area contributed by atoms with Crippen molar-refractivity contribution in [3.63, 3.8) is 0 Å². The van der Waals surface area contributed by atoms with E-state index in [9.17, 15) is 4.79 Å². The number of rotatable bonds is 7. The lowest BCUT2D eigenvalue weighted by atomic mass is 9.90. The van der Waals surface area contributed by atoms with Crippen LogP contribution in [0.3, 0.4) is 0 Å². The van der Waals surface area contributed by atoms with Crippen LogP contribution >= 0.6 is 0 Å². The zero-order chi connectivity index (χ0) is 13.7. The molecule has 1 heterocycles. The summed E-state index contributed by atoms with van der Waals surface area (Å²) < 4.78 is 0.